The van der Waals surface area contributed by atoms with Crippen molar-refractivity contribution in [1.82, 2.24) is 5.32 Å². The molecule has 1 aromatic rings. The van der Waals surface area contributed by atoms with Gasteiger partial charge in [0.1, 0.15) is 0 Å². The van der Waals surface area contributed by atoms with E-state index >= 15 is 0 Å². The Morgan fingerprint density at radius 3 is 3.00 bits per heavy atom. The summed E-state index contributed by atoms with van der Waals surface area (Å²) >= 11 is 0. The highest BCUT2D eigenvalue weighted by Gasteiger charge is 2.22. The number of nitrogens with zero attached hydrogens (tertiary/aromatic N) is 1. The Balaban J connectivity index is 1.65. The van der Waals surface area contributed by atoms with Gasteiger partial charge >= 0.3 is 0 Å². The number of nitrogens with one attached hydrogen (secondary N) is 2. The zero-order valence-corrected chi connectivity index (χ0v) is 11.2. The molecule has 2 N–H and O–H groups in total. The number of hydrogen-bond donors (Lipinski definition) is 2. The third kappa shape index (κ3) is 2.89. The first kappa shape index (κ1) is 12.5. The molecule has 0 radical (unpaired) electrons. The number of rotatable bonds is 3. The van der Waals surface area contributed by atoms with Gasteiger partial charge < -0.3 is 15.5 Å². The summed E-state index contributed by atoms with van der Waals surface area (Å²) in [6.07, 6.45) is 5.00. The zero-order valence-electron chi connectivity index (χ0n) is 11.2. The highest BCUT2D eigenvalue weighted by Crippen LogP contribution is 2.29. The number of hydrogen-bond acceptors (Lipinski definition) is 3. The molecule has 1 fully saturated rings. The van der Waals surface area contributed by atoms with Crippen LogP contribution in [0.15, 0.2) is 24.3 Å². The van der Waals surface area contributed by atoms with Gasteiger partial charge in [-0.25, -0.2) is 0 Å². The average Bonchev–Trinajstić information content (AvgIpc) is 2.45. The Kier molecular flexibility index (Phi) is 3.69. The van der Waals surface area contributed by atoms with Gasteiger partial charge in [-0.2, -0.15) is 0 Å². The number of carbonyl (C=O) groups excluding carboxylic acids is 1. The van der Waals surface area contributed by atoms with Gasteiger partial charge in [-0.05, 0) is 37.9 Å². The van der Waals surface area contributed by atoms with Crippen LogP contribution in [-0.4, -0.2) is 31.6 Å². The van der Waals surface area contributed by atoms with Crippen LogP contribution in [0.1, 0.15) is 25.7 Å². The van der Waals surface area contributed by atoms with Crippen LogP contribution < -0.4 is 15.5 Å². The normalized spacial score (nSPS) is 22.8. The number of para-hydroxylation sites is 2. The SMILES string of the molecule is O=C1CN(CCC2CCCCN2)c2ccccc2N1. The van der Waals surface area contributed by atoms with Crippen LogP contribution >= 0.6 is 0 Å². The summed E-state index contributed by atoms with van der Waals surface area (Å²) < 4.78 is 0. The summed E-state index contributed by atoms with van der Waals surface area (Å²) in [6.45, 7) is 2.56. The highest BCUT2D eigenvalue weighted by atomic mass is 16.2. The van der Waals surface area contributed by atoms with Gasteiger partial charge in [-0.1, -0.05) is 18.6 Å². The fourth-order valence-electron chi connectivity index (χ4n) is 2.98. The second-order valence-corrected chi connectivity index (χ2v) is 5.42. The highest BCUT2D eigenvalue weighted by molar-refractivity contribution is 6.01. The predicted molar refractivity (Wildman–Crippen MR) is 77.5 cm³/mol. The number of fused-ring (bicyclic) bond motifs is 1. The van der Waals surface area contributed by atoms with E-state index in [4.69, 9.17) is 0 Å². The number of amides is 1. The van der Waals surface area contributed by atoms with Gasteiger partial charge in [0.2, 0.25) is 5.91 Å². The lowest BCUT2D eigenvalue weighted by molar-refractivity contribution is -0.115. The van der Waals surface area contributed by atoms with Crippen molar-refractivity contribution in [3.05, 3.63) is 24.3 Å². The molecule has 1 unspecified atom stereocenters. The van der Waals surface area contributed by atoms with Gasteiger partial charge in [0.15, 0.2) is 0 Å². The van der Waals surface area contributed by atoms with E-state index in [1.807, 2.05) is 18.2 Å². The first-order valence-corrected chi connectivity index (χ1v) is 7.20. The van der Waals surface area contributed by atoms with Crippen molar-refractivity contribution in [2.45, 2.75) is 31.7 Å². The van der Waals surface area contributed by atoms with Crippen LogP contribution in [0.4, 0.5) is 11.4 Å². The molecule has 0 aliphatic carbocycles. The molecule has 102 valence electrons. The molecule has 0 aromatic heterocycles. The monoisotopic (exact) mass is 259 g/mol. The van der Waals surface area contributed by atoms with Crippen LogP contribution in [0.2, 0.25) is 0 Å². The molecule has 3 rings (SSSR count). The molecular weight excluding hydrogens is 238 g/mol. The summed E-state index contributed by atoms with van der Waals surface area (Å²) in [6, 6.07) is 8.67. The topological polar surface area (TPSA) is 44.4 Å². The third-order valence-corrected chi connectivity index (χ3v) is 4.01. The van der Waals surface area contributed by atoms with Gasteiger partial charge in [0, 0.05) is 12.6 Å². The quantitative estimate of drug-likeness (QED) is 0.872. The lowest BCUT2D eigenvalue weighted by Gasteiger charge is -2.33. The lowest BCUT2D eigenvalue weighted by Crippen LogP contribution is -2.42. The Morgan fingerprint density at radius 1 is 1.26 bits per heavy atom. The smallest absolute Gasteiger partial charge is 0.243 e. The molecule has 1 atom stereocenters. The molecule has 0 saturated carbocycles. The maximum Gasteiger partial charge on any atom is 0.243 e. The molecule has 4 heteroatoms. The molecule has 4 nitrogen and oxygen atoms in total. The minimum Gasteiger partial charge on any atom is -0.360 e. The average molecular weight is 259 g/mol. The number of carbonyl (C=O) groups is 1. The fraction of sp³-hybridized carbons (Fsp3) is 0.533. The van der Waals surface area contributed by atoms with Crippen molar-refractivity contribution in [3.63, 3.8) is 0 Å². The molecule has 0 spiro atoms. The predicted octanol–water partition coefficient (Wildman–Crippen LogP) is 1.98. The number of anilines is 2. The first-order valence-electron chi connectivity index (χ1n) is 7.20. The summed E-state index contributed by atoms with van der Waals surface area (Å²) in [7, 11) is 0. The van der Waals surface area contributed by atoms with E-state index in [0.717, 1.165) is 30.9 Å². The van der Waals surface area contributed by atoms with E-state index < -0.39 is 0 Å². The van der Waals surface area contributed by atoms with Crippen LogP contribution in [0.5, 0.6) is 0 Å². The van der Waals surface area contributed by atoms with E-state index in [1.54, 1.807) is 0 Å². The van der Waals surface area contributed by atoms with Crippen molar-refractivity contribution in [1.29, 1.82) is 0 Å². The van der Waals surface area contributed by atoms with E-state index in [1.165, 1.54) is 19.3 Å². The fourth-order valence-corrected chi connectivity index (χ4v) is 2.98. The van der Waals surface area contributed by atoms with E-state index in [0.29, 0.717) is 12.6 Å². The van der Waals surface area contributed by atoms with Crippen molar-refractivity contribution >= 4 is 17.3 Å². The van der Waals surface area contributed by atoms with Gasteiger partial charge in [-0.15, -0.1) is 0 Å². The van der Waals surface area contributed by atoms with E-state index in [-0.39, 0.29) is 5.91 Å². The van der Waals surface area contributed by atoms with Crippen molar-refractivity contribution in [2.75, 3.05) is 29.9 Å². The summed E-state index contributed by atoms with van der Waals surface area (Å²) in [5, 5.41) is 6.50. The zero-order chi connectivity index (χ0) is 13.1. The largest absolute Gasteiger partial charge is 0.360 e. The molecule has 2 aliphatic rings. The van der Waals surface area contributed by atoms with Gasteiger partial charge in [0.25, 0.3) is 0 Å². The van der Waals surface area contributed by atoms with Crippen LogP contribution in [0.25, 0.3) is 0 Å². The van der Waals surface area contributed by atoms with Crippen LogP contribution in [0.3, 0.4) is 0 Å². The van der Waals surface area contributed by atoms with E-state index in [9.17, 15) is 4.79 Å². The molecule has 2 aliphatic heterocycles. The second kappa shape index (κ2) is 5.61. The van der Waals surface area contributed by atoms with Crippen LogP contribution in [-0.2, 0) is 4.79 Å². The third-order valence-electron chi connectivity index (χ3n) is 4.01. The molecule has 0 bridgehead atoms. The molecule has 1 saturated heterocycles. The maximum absolute atomic E-state index is 11.7. The minimum absolute atomic E-state index is 0.0929. The second-order valence-electron chi connectivity index (χ2n) is 5.42. The standard InChI is InChI=1S/C15H21N3O/c19-15-11-18(10-8-12-5-3-4-9-16-12)14-7-2-1-6-13(14)17-15/h1-2,6-7,12,16H,3-5,8-11H2,(H,17,19). The van der Waals surface area contributed by atoms with Crippen LogP contribution in [0, 0.1) is 0 Å². The molecule has 1 aromatic carbocycles. The van der Waals surface area contributed by atoms with Crippen molar-refractivity contribution in [3.8, 4) is 0 Å². The Morgan fingerprint density at radius 2 is 2.16 bits per heavy atom. The molecule has 1 amide bonds. The molecule has 19 heavy (non-hydrogen) atoms. The Hall–Kier alpha value is -1.55. The molecular formula is C15H21N3O. The number of benzene rings is 1. The lowest BCUT2D eigenvalue weighted by atomic mass is 10.0. The van der Waals surface area contributed by atoms with E-state index in [2.05, 4.69) is 21.6 Å². The minimum atomic E-state index is 0.0929. The Labute approximate surface area is 114 Å². The van der Waals surface area contributed by atoms with Gasteiger partial charge in [0.05, 0.1) is 17.9 Å². The number of piperidine rings is 1. The summed E-state index contributed by atoms with van der Waals surface area (Å²) in [5.41, 5.74) is 2.09. The first-order chi connectivity index (χ1) is 9.33. The molecule has 2 heterocycles. The summed E-state index contributed by atoms with van der Waals surface area (Å²) in [5.74, 6) is 0.0929. The van der Waals surface area contributed by atoms with Crippen molar-refractivity contribution < 1.29 is 4.79 Å². The van der Waals surface area contributed by atoms with Crippen molar-refractivity contribution in [2.24, 2.45) is 0 Å². The Bertz CT molecular complexity index is 454. The summed E-state index contributed by atoms with van der Waals surface area (Å²) in [4.78, 5) is 13.9. The maximum atomic E-state index is 11.7. The van der Waals surface area contributed by atoms with Gasteiger partial charge in [-0.3, -0.25) is 4.79 Å².